The quantitative estimate of drug-likeness (QED) is 0.334. The van der Waals surface area contributed by atoms with Gasteiger partial charge >= 0.3 is 5.97 Å². The highest BCUT2D eigenvalue weighted by Gasteiger charge is 2.26. The molecule has 0 bridgehead atoms. The number of carboxylic acids is 1. The van der Waals surface area contributed by atoms with Crippen LogP contribution in [0.2, 0.25) is 0 Å². The number of hydrogen-bond acceptors (Lipinski definition) is 3. The molecule has 1 aromatic carbocycles. The number of anilines is 1. The van der Waals surface area contributed by atoms with Crippen LogP contribution in [0, 0.1) is 5.41 Å². The highest BCUT2D eigenvalue weighted by molar-refractivity contribution is 6.00. The Labute approximate surface area is 190 Å². The van der Waals surface area contributed by atoms with Gasteiger partial charge in [-0.1, -0.05) is 55.4 Å². The Morgan fingerprint density at radius 3 is 2.47 bits per heavy atom. The lowest BCUT2D eigenvalue weighted by molar-refractivity contribution is -0.111. The minimum Gasteiger partial charge on any atom is -0.507 e. The van der Waals surface area contributed by atoms with Gasteiger partial charge in [0, 0.05) is 17.8 Å². The molecule has 1 aliphatic rings. The van der Waals surface area contributed by atoms with E-state index in [2.05, 4.69) is 38.2 Å². The zero-order valence-corrected chi connectivity index (χ0v) is 19.5. The van der Waals surface area contributed by atoms with Gasteiger partial charge in [-0.15, -0.1) is 0 Å². The number of hydrogen-bond donors (Lipinski definition) is 3. The van der Waals surface area contributed by atoms with E-state index in [9.17, 15) is 14.7 Å². The van der Waals surface area contributed by atoms with Gasteiger partial charge in [0.2, 0.25) is 5.91 Å². The molecule has 2 rings (SSSR count). The molecule has 1 aliphatic carbocycles. The standard InChI is InChI=1S/C27H33NO4/c1-18(11-14-23-20(3)10-7-15-27(23,4)5)8-6-9-19(2)16-25(30)28-21-12-13-22(26(31)32)24(29)17-21/h6,8-9,11-14,16-17,29H,7,10,15H2,1-5H3,(H,28,30)(H,31,32). The third-order valence-corrected chi connectivity index (χ3v) is 5.63. The molecular weight excluding hydrogens is 402 g/mol. The molecule has 0 aliphatic heterocycles. The van der Waals surface area contributed by atoms with Gasteiger partial charge in [0.1, 0.15) is 11.3 Å². The maximum atomic E-state index is 12.2. The minimum absolute atomic E-state index is 0.215. The second-order valence-electron chi connectivity index (χ2n) is 8.95. The van der Waals surface area contributed by atoms with Crippen molar-refractivity contribution in [2.75, 3.05) is 5.32 Å². The lowest BCUT2D eigenvalue weighted by Gasteiger charge is -2.32. The SMILES string of the molecule is CC(C=CC1=C(C)CCCC1(C)C)=CC=CC(C)=CC(=O)Nc1ccc(C(=O)O)c(O)c1. The largest absolute Gasteiger partial charge is 0.507 e. The summed E-state index contributed by atoms with van der Waals surface area (Å²) in [5.41, 5.74) is 5.09. The first-order valence-electron chi connectivity index (χ1n) is 10.8. The fourth-order valence-electron chi connectivity index (χ4n) is 3.86. The first-order chi connectivity index (χ1) is 15.0. The van der Waals surface area contributed by atoms with Gasteiger partial charge < -0.3 is 15.5 Å². The smallest absolute Gasteiger partial charge is 0.339 e. The molecule has 1 aromatic rings. The lowest BCUT2D eigenvalue weighted by atomic mass is 9.72. The maximum Gasteiger partial charge on any atom is 0.339 e. The van der Waals surface area contributed by atoms with Gasteiger partial charge in [0.15, 0.2) is 0 Å². The van der Waals surface area contributed by atoms with Crippen molar-refractivity contribution in [2.24, 2.45) is 5.41 Å². The summed E-state index contributed by atoms with van der Waals surface area (Å²) in [6, 6.07) is 3.89. The number of nitrogens with one attached hydrogen (secondary N) is 1. The van der Waals surface area contributed by atoms with E-state index in [1.165, 1.54) is 54.7 Å². The van der Waals surface area contributed by atoms with Crippen LogP contribution in [-0.4, -0.2) is 22.1 Å². The van der Waals surface area contributed by atoms with E-state index < -0.39 is 11.7 Å². The van der Waals surface area contributed by atoms with Crippen molar-refractivity contribution in [2.45, 2.75) is 53.9 Å². The van der Waals surface area contributed by atoms with Gasteiger partial charge in [-0.25, -0.2) is 4.79 Å². The molecular formula is C27H33NO4. The number of benzene rings is 1. The molecule has 0 atom stereocenters. The van der Waals surface area contributed by atoms with E-state index in [0.29, 0.717) is 5.69 Å². The van der Waals surface area contributed by atoms with E-state index in [0.717, 1.165) is 11.1 Å². The Balaban J connectivity index is 1.99. The van der Waals surface area contributed by atoms with Crippen LogP contribution < -0.4 is 5.32 Å². The van der Waals surface area contributed by atoms with Gasteiger partial charge in [-0.3, -0.25) is 4.79 Å². The topological polar surface area (TPSA) is 86.6 Å². The van der Waals surface area contributed by atoms with E-state index >= 15 is 0 Å². The second kappa shape index (κ2) is 10.8. The van der Waals surface area contributed by atoms with Crippen LogP contribution in [0.15, 0.2) is 76.9 Å². The van der Waals surface area contributed by atoms with Crippen molar-refractivity contribution >= 4 is 17.6 Å². The lowest BCUT2D eigenvalue weighted by Crippen LogP contribution is -2.19. The monoisotopic (exact) mass is 435 g/mol. The molecule has 0 fully saturated rings. The molecule has 0 unspecified atom stereocenters. The van der Waals surface area contributed by atoms with Crippen LogP contribution in [0.4, 0.5) is 5.69 Å². The van der Waals surface area contributed by atoms with Crippen LogP contribution >= 0.6 is 0 Å². The van der Waals surface area contributed by atoms with Gasteiger partial charge in [0.05, 0.1) is 0 Å². The fraction of sp³-hybridized carbons (Fsp3) is 0.333. The van der Waals surface area contributed by atoms with Crippen LogP contribution in [0.5, 0.6) is 5.75 Å². The maximum absolute atomic E-state index is 12.2. The second-order valence-corrected chi connectivity index (χ2v) is 8.95. The molecule has 170 valence electrons. The average molecular weight is 436 g/mol. The van der Waals surface area contributed by atoms with Crippen LogP contribution in [0.25, 0.3) is 0 Å². The molecule has 5 heteroatoms. The number of phenols is 1. The van der Waals surface area contributed by atoms with Gasteiger partial charge in [-0.2, -0.15) is 0 Å². The third kappa shape index (κ3) is 7.12. The van der Waals surface area contributed by atoms with E-state index in [-0.39, 0.29) is 16.9 Å². The van der Waals surface area contributed by atoms with Crippen molar-refractivity contribution in [3.63, 3.8) is 0 Å². The Morgan fingerprint density at radius 2 is 1.84 bits per heavy atom. The molecule has 3 N–H and O–H groups in total. The molecule has 32 heavy (non-hydrogen) atoms. The normalized spacial score (nSPS) is 17.3. The van der Waals surface area contributed by atoms with E-state index in [1.54, 1.807) is 0 Å². The Kier molecular flexibility index (Phi) is 8.41. The highest BCUT2D eigenvalue weighted by atomic mass is 16.4. The van der Waals surface area contributed by atoms with Crippen LogP contribution in [0.1, 0.15) is 64.2 Å². The number of allylic oxidation sites excluding steroid dienone is 9. The average Bonchev–Trinajstić information content (AvgIpc) is 2.66. The first-order valence-corrected chi connectivity index (χ1v) is 10.8. The molecule has 0 saturated heterocycles. The summed E-state index contributed by atoms with van der Waals surface area (Å²) in [5.74, 6) is -1.99. The zero-order valence-electron chi connectivity index (χ0n) is 19.5. The summed E-state index contributed by atoms with van der Waals surface area (Å²) in [6.45, 7) is 10.7. The Morgan fingerprint density at radius 1 is 1.12 bits per heavy atom. The van der Waals surface area contributed by atoms with Crippen molar-refractivity contribution in [1.29, 1.82) is 0 Å². The summed E-state index contributed by atoms with van der Waals surface area (Å²) < 4.78 is 0. The van der Waals surface area contributed by atoms with Crippen LogP contribution in [0.3, 0.4) is 0 Å². The number of carbonyl (C=O) groups is 2. The summed E-state index contributed by atoms with van der Waals surface area (Å²) in [5, 5.41) is 21.3. The van der Waals surface area contributed by atoms with Gasteiger partial charge in [-0.05, 0) is 68.7 Å². The van der Waals surface area contributed by atoms with Crippen molar-refractivity contribution in [3.05, 3.63) is 82.5 Å². The molecule has 5 nitrogen and oxygen atoms in total. The molecule has 0 heterocycles. The van der Waals surface area contributed by atoms with E-state index in [4.69, 9.17) is 5.11 Å². The number of carboxylic acid groups (broad SMARTS) is 1. The fourth-order valence-corrected chi connectivity index (χ4v) is 3.86. The Hall–Kier alpha value is -3.34. The zero-order chi connectivity index (χ0) is 23.9. The highest BCUT2D eigenvalue weighted by Crippen LogP contribution is 2.40. The van der Waals surface area contributed by atoms with Gasteiger partial charge in [0.25, 0.3) is 0 Å². The minimum atomic E-state index is -1.23. The molecule has 0 spiro atoms. The summed E-state index contributed by atoms with van der Waals surface area (Å²) in [6.07, 6.45) is 15.2. The van der Waals surface area contributed by atoms with Crippen molar-refractivity contribution < 1.29 is 19.8 Å². The van der Waals surface area contributed by atoms with Crippen LogP contribution in [-0.2, 0) is 4.79 Å². The molecule has 0 saturated carbocycles. The number of amides is 1. The molecule has 1 amide bonds. The first kappa shape index (κ1) is 24.9. The number of aromatic hydroxyl groups is 1. The number of rotatable bonds is 7. The predicted molar refractivity (Wildman–Crippen MR) is 130 cm³/mol. The van der Waals surface area contributed by atoms with E-state index in [1.807, 2.05) is 32.1 Å². The summed E-state index contributed by atoms with van der Waals surface area (Å²) in [4.78, 5) is 23.1. The predicted octanol–water partition coefficient (Wildman–Crippen LogP) is 6.56. The summed E-state index contributed by atoms with van der Waals surface area (Å²) in [7, 11) is 0. The summed E-state index contributed by atoms with van der Waals surface area (Å²) >= 11 is 0. The molecule has 0 radical (unpaired) electrons. The number of aromatic carboxylic acids is 1. The van der Waals surface area contributed by atoms with Crippen molar-refractivity contribution in [1.82, 2.24) is 0 Å². The van der Waals surface area contributed by atoms with Crippen molar-refractivity contribution in [3.8, 4) is 5.75 Å². The number of carbonyl (C=O) groups excluding carboxylic acids is 1. The Bertz CT molecular complexity index is 1040. The molecule has 0 aromatic heterocycles. The third-order valence-electron chi connectivity index (χ3n) is 5.63.